The van der Waals surface area contributed by atoms with Crippen molar-refractivity contribution in [3.05, 3.63) is 29.3 Å². The van der Waals surface area contributed by atoms with Crippen molar-refractivity contribution in [3.63, 3.8) is 0 Å². The van der Waals surface area contributed by atoms with Crippen LogP contribution >= 0.6 is 27.7 Å². The Bertz CT molecular complexity index is 459. The van der Waals surface area contributed by atoms with E-state index in [1.807, 2.05) is 6.07 Å². The molecule has 0 aromatic heterocycles. The second-order valence-corrected chi connectivity index (χ2v) is 6.06. The molecule has 0 saturated heterocycles. The molecule has 0 radical (unpaired) electrons. The number of rotatable bonds is 1. The predicted molar refractivity (Wildman–Crippen MR) is 65.1 cm³/mol. The molecule has 0 saturated carbocycles. The quantitative estimate of drug-likeness (QED) is 0.590. The van der Waals surface area contributed by atoms with Gasteiger partial charge in [-0.3, -0.25) is 4.79 Å². The van der Waals surface area contributed by atoms with Crippen LogP contribution in [0.25, 0.3) is 0 Å². The van der Waals surface area contributed by atoms with Gasteiger partial charge in [-0.15, -0.1) is 11.8 Å². The maximum Gasteiger partial charge on any atom is 0.337 e. The van der Waals surface area contributed by atoms with Gasteiger partial charge in [-0.05, 0) is 23.8 Å². The van der Waals surface area contributed by atoms with E-state index < -0.39 is 0 Å². The van der Waals surface area contributed by atoms with E-state index >= 15 is 0 Å². The first-order valence-corrected chi connectivity index (χ1v) is 6.46. The summed E-state index contributed by atoms with van der Waals surface area (Å²) in [5, 5.41) is 0. The Morgan fingerprint density at radius 1 is 1.56 bits per heavy atom. The van der Waals surface area contributed by atoms with E-state index in [1.54, 1.807) is 12.1 Å². The lowest BCUT2D eigenvalue weighted by molar-refractivity contribution is -0.116. The van der Waals surface area contributed by atoms with E-state index in [2.05, 4.69) is 20.7 Å². The van der Waals surface area contributed by atoms with Crippen molar-refractivity contribution in [2.24, 2.45) is 0 Å². The van der Waals surface area contributed by atoms with Crippen LogP contribution in [0, 0.1) is 0 Å². The number of hydrogen-bond donors (Lipinski definition) is 0. The van der Waals surface area contributed by atoms with Crippen LogP contribution in [-0.2, 0) is 16.0 Å². The van der Waals surface area contributed by atoms with Crippen LogP contribution in [-0.4, -0.2) is 23.0 Å². The average molecular weight is 301 g/mol. The number of methoxy groups -OCH3 is 1. The highest BCUT2D eigenvalue weighted by atomic mass is 79.9. The first kappa shape index (κ1) is 11.7. The molecule has 0 N–H and O–H groups in total. The van der Waals surface area contributed by atoms with E-state index in [0.717, 1.165) is 10.5 Å². The third-order valence-electron chi connectivity index (χ3n) is 2.33. The van der Waals surface area contributed by atoms with Gasteiger partial charge in [0.1, 0.15) is 4.16 Å². The summed E-state index contributed by atoms with van der Waals surface area (Å²) in [4.78, 5) is 23.9. The van der Waals surface area contributed by atoms with Crippen molar-refractivity contribution in [1.29, 1.82) is 0 Å². The summed E-state index contributed by atoms with van der Waals surface area (Å²) in [7, 11) is 1.34. The van der Waals surface area contributed by atoms with Crippen LogP contribution < -0.4 is 0 Å². The van der Waals surface area contributed by atoms with Gasteiger partial charge in [0.25, 0.3) is 0 Å². The molecule has 1 atom stereocenters. The zero-order chi connectivity index (χ0) is 11.7. The largest absolute Gasteiger partial charge is 0.465 e. The van der Waals surface area contributed by atoms with Gasteiger partial charge >= 0.3 is 5.97 Å². The number of alkyl halides is 1. The smallest absolute Gasteiger partial charge is 0.337 e. The molecule has 84 valence electrons. The van der Waals surface area contributed by atoms with Crippen LogP contribution in [0.5, 0.6) is 0 Å². The van der Waals surface area contributed by atoms with E-state index in [9.17, 15) is 9.59 Å². The fraction of sp³-hybridized carbons (Fsp3) is 0.273. The minimum Gasteiger partial charge on any atom is -0.465 e. The molecule has 2 rings (SSSR count). The first-order chi connectivity index (χ1) is 7.61. The monoisotopic (exact) mass is 300 g/mol. The molecule has 1 aromatic carbocycles. The Labute approximate surface area is 106 Å². The molecule has 1 aliphatic heterocycles. The Balaban J connectivity index is 2.36. The maximum absolute atomic E-state index is 11.5. The SMILES string of the molecule is COC(=O)c1ccc2c(c1)CC(=O)C(Br)S2. The van der Waals surface area contributed by atoms with Crippen LogP contribution in [0.4, 0.5) is 0 Å². The molecule has 1 aliphatic rings. The molecule has 1 aromatic rings. The number of Topliss-reactive ketones (excluding diaryl/α,β-unsaturated/α-hetero) is 1. The highest BCUT2D eigenvalue weighted by molar-refractivity contribution is 9.11. The molecule has 16 heavy (non-hydrogen) atoms. The van der Waals surface area contributed by atoms with Gasteiger partial charge in [-0.2, -0.15) is 0 Å². The number of thioether (sulfide) groups is 1. The van der Waals surface area contributed by atoms with Gasteiger partial charge in [-0.1, -0.05) is 15.9 Å². The fourth-order valence-corrected chi connectivity index (χ4v) is 3.16. The number of hydrogen-bond acceptors (Lipinski definition) is 4. The number of carbonyl (C=O) groups excluding carboxylic acids is 2. The first-order valence-electron chi connectivity index (χ1n) is 4.66. The van der Waals surface area contributed by atoms with Gasteiger partial charge in [0, 0.05) is 11.3 Å². The summed E-state index contributed by atoms with van der Waals surface area (Å²) in [6.07, 6.45) is 0.364. The van der Waals surface area contributed by atoms with Crippen molar-refractivity contribution in [3.8, 4) is 0 Å². The van der Waals surface area contributed by atoms with Crippen LogP contribution in [0.1, 0.15) is 15.9 Å². The maximum atomic E-state index is 11.5. The summed E-state index contributed by atoms with van der Waals surface area (Å²) < 4.78 is 4.46. The van der Waals surface area contributed by atoms with E-state index in [1.165, 1.54) is 18.9 Å². The van der Waals surface area contributed by atoms with Gasteiger partial charge in [0.2, 0.25) is 0 Å². The Hall–Kier alpha value is -0.810. The van der Waals surface area contributed by atoms with Crippen molar-refractivity contribution in [1.82, 2.24) is 0 Å². The Morgan fingerprint density at radius 2 is 2.31 bits per heavy atom. The van der Waals surface area contributed by atoms with Crippen molar-refractivity contribution < 1.29 is 14.3 Å². The molecule has 3 nitrogen and oxygen atoms in total. The van der Waals surface area contributed by atoms with Crippen LogP contribution in [0.15, 0.2) is 23.1 Å². The van der Waals surface area contributed by atoms with Gasteiger partial charge in [0.05, 0.1) is 12.7 Å². The second-order valence-electron chi connectivity index (χ2n) is 3.39. The van der Waals surface area contributed by atoms with Gasteiger partial charge < -0.3 is 4.74 Å². The minimum absolute atomic E-state index is 0.125. The molecule has 1 unspecified atom stereocenters. The lowest BCUT2D eigenvalue weighted by Crippen LogP contribution is -2.19. The molecule has 5 heteroatoms. The average Bonchev–Trinajstić information content (AvgIpc) is 2.29. The third kappa shape index (κ3) is 2.15. The lowest BCUT2D eigenvalue weighted by Gasteiger charge is -2.18. The molecular formula is C11H9BrO3S. The molecule has 0 amide bonds. The Kier molecular flexibility index (Phi) is 3.35. The number of carbonyl (C=O) groups is 2. The zero-order valence-corrected chi connectivity index (χ0v) is 10.9. The fourth-order valence-electron chi connectivity index (χ4n) is 1.52. The highest BCUT2D eigenvalue weighted by Gasteiger charge is 2.25. The van der Waals surface area contributed by atoms with Gasteiger partial charge in [-0.25, -0.2) is 4.79 Å². The predicted octanol–water partition coefficient (Wildman–Crippen LogP) is 2.41. The molecular weight excluding hydrogens is 292 g/mol. The van der Waals surface area contributed by atoms with E-state index in [0.29, 0.717) is 12.0 Å². The normalized spacial score (nSPS) is 19.1. The number of fused-ring (bicyclic) bond motifs is 1. The third-order valence-corrected chi connectivity index (χ3v) is 4.52. The summed E-state index contributed by atoms with van der Waals surface area (Å²) in [6, 6.07) is 5.30. The molecule has 0 fully saturated rings. The number of halogens is 1. The highest BCUT2D eigenvalue weighted by Crippen LogP contribution is 2.36. The minimum atomic E-state index is -0.374. The lowest BCUT2D eigenvalue weighted by atomic mass is 10.1. The van der Waals surface area contributed by atoms with E-state index in [4.69, 9.17) is 0 Å². The summed E-state index contributed by atoms with van der Waals surface area (Å²) >= 11 is 4.77. The van der Waals surface area contributed by atoms with Gasteiger partial charge in [0.15, 0.2) is 5.78 Å². The molecule has 0 bridgehead atoms. The number of ether oxygens (including phenoxy) is 1. The van der Waals surface area contributed by atoms with Crippen molar-refractivity contribution in [2.75, 3.05) is 7.11 Å². The summed E-state index contributed by atoms with van der Waals surface area (Å²) in [5.41, 5.74) is 1.39. The topological polar surface area (TPSA) is 43.4 Å². The molecule has 0 spiro atoms. The summed E-state index contributed by atoms with van der Waals surface area (Å²) in [6.45, 7) is 0. The van der Waals surface area contributed by atoms with Crippen molar-refractivity contribution in [2.45, 2.75) is 15.5 Å². The second kappa shape index (κ2) is 4.59. The van der Waals surface area contributed by atoms with Crippen LogP contribution in [0.3, 0.4) is 0 Å². The van der Waals surface area contributed by atoms with Crippen molar-refractivity contribution >= 4 is 39.4 Å². The number of ketones is 1. The van der Waals surface area contributed by atoms with E-state index in [-0.39, 0.29) is 15.9 Å². The number of esters is 1. The molecule has 1 heterocycles. The number of benzene rings is 1. The molecule has 0 aliphatic carbocycles. The summed E-state index contributed by atoms with van der Waals surface area (Å²) in [5.74, 6) is -0.249. The Morgan fingerprint density at radius 3 is 3.00 bits per heavy atom. The standard InChI is InChI=1S/C11H9BrO3S/c1-15-11(14)6-2-3-9-7(4-6)5-8(13)10(12)16-9/h2-4,10H,5H2,1H3. The zero-order valence-electron chi connectivity index (χ0n) is 8.53. The van der Waals surface area contributed by atoms with Crippen LogP contribution in [0.2, 0.25) is 0 Å².